The number of allylic oxidation sites excluding steroid dienone is 5. The van der Waals surface area contributed by atoms with Crippen LogP contribution in [0.4, 0.5) is 18.9 Å². The third-order valence-corrected chi connectivity index (χ3v) is 5.05. The van der Waals surface area contributed by atoms with Gasteiger partial charge in [-0.05, 0) is 54.5 Å². The average Bonchev–Trinajstić information content (AvgIpc) is 3.18. The molecule has 1 heterocycles. The molecule has 0 fully saturated rings. The molecule has 154 valence electrons. The molecule has 0 aliphatic heterocycles. The van der Waals surface area contributed by atoms with Crippen LogP contribution < -0.4 is 5.73 Å². The minimum Gasteiger partial charge on any atom is -0.399 e. The summed E-state index contributed by atoms with van der Waals surface area (Å²) in [6.07, 6.45) is 0.949. The van der Waals surface area contributed by atoms with Crippen molar-refractivity contribution in [3.8, 4) is 16.9 Å². The van der Waals surface area contributed by atoms with Crippen molar-refractivity contribution in [2.75, 3.05) is 5.73 Å². The van der Waals surface area contributed by atoms with Gasteiger partial charge in [-0.2, -0.15) is 18.3 Å². The first kappa shape index (κ1) is 21.6. The number of nitrogens with two attached hydrogens (primary N) is 1. The molecule has 0 spiro atoms. The Hall–Kier alpha value is -3.06. The van der Waals surface area contributed by atoms with E-state index < -0.39 is 11.9 Å². The van der Waals surface area contributed by atoms with Crippen LogP contribution in [0.1, 0.15) is 18.2 Å². The Kier molecular flexibility index (Phi) is 6.31. The van der Waals surface area contributed by atoms with Gasteiger partial charge in [0.15, 0.2) is 5.69 Å². The molecule has 2 aromatic carbocycles. The van der Waals surface area contributed by atoms with Crippen LogP contribution in [0.5, 0.6) is 0 Å². The first-order valence-electron chi connectivity index (χ1n) is 8.99. The molecule has 1 aromatic heterocycles. The van der Waals surface area contributed by atoms with Gasteiger partial charge < -0.3 is 5.73 Å². The van der Waals surface area contributed by atoms with Gasteiger partial charge in [-0.15, -0.1) is 0 Å². The lowest BCUT2D eigenvalue weighted by molar-refractivity contribution is -0.141. The fourth-order valence-electron chi connectivity index (χ4n) is 2.81. The Bertz CT molecular complexity index is 1110. The summed E-state index contributed by atoms with van der Waals surface area (Å²) < 4.78 is 42.1. The number of benzene rings is 2. The molecule has 3 nitrogen and oxygen atoms in total. The highest BCUT2D eigenvalue weighted by atomic mass is 79.9. The Balaban J connectivity index is 2.03. The second kappa shape index (κ2) is 8.75. The van der Waals surface area contributed by atoms with Crippen molar-refractivity contribution >= 4 is 27.2 Å². The summed E-state index contributed by atoms with van der Waals surface area (Å²) >= 11 is 3.36. The number of nitrogen functional groups attached to an aromatic ring is 1. The van der Waals surface area contributed by atoms with E-state index >= 15 is 0 Å². The number of alkyl halides is 3. The van der Waals surface area contributed by atoms with Crippen LogP contribution in [-0.2, 0) is 6.18 Å². The minimum atomic E-state index is -4.54. The maximum absolute atomic E-state index is 13.3. The van der Waals surface area contributed by atoms with Crippen molar-refractivity contribution in [1.29, 1.82) is 0 Å². The van der Waals surface area contributed by atoms with Crippen molar-refractivity contribution < 1.29 is 13.2 Å². The number of anilines is 1. The lowest BCUT2D eigenvalue weighted by atomic mass is 10.0. The van der Waals surface area contributed by atoms with E-state index in [0.717, 1.165) is 21.7 Å². The molecule has 2 N–H and O–H groups in total. The van der Waals surface area contributed by atoms with E-state index in [1.54, 1.807) is 42.5 Å². The van der Waals surface area contributed by atoms with Gasteiger partial charge in [0.1, 0.15) is 0 Å². The third-order valence-electron chi connectivity index (χ3n) is 4.46. The number of nitrogens with zero attached hydrogens (tertiary/aromatic N) is 2. The summed E-state index contributed by atoms with van der Waals surface area (Å²) in [6.45, 7) is 5.63. The second-order valence-electron chi connectivity index (χ2n) is 6.60. The summed E-state index contributed by atoms with van der Waals surface area (Å²) in [5.41, 5.74) is 8.68. The van der Waals surface area contributed by atoms with Gasteiger partial charge in [-0.1, -0.05) is 58.9 Å². The van der Waals surface area contributed by atoms with Gasteiger partial charge in [0, 0.05) is 15.7 Å². The molecule has 0 saturated carbocycles. The zero-order valence-corrected chi connectivity index (χ0v) is 17.7. The Morgan fingerprint density at radius 2 is 1.70 bits per heavy atom. The van der Waals surface area contributed by atoms with Gasteiger partial charge in [-0.3, -0.25) is 0 Å². The van der Waals surface area contributed by atoms with E-state index in [1.807, 2.05) is 31.2 Å². The van der Waals surface area contributed by atoms with Crippen LogP contribution in [0.15, 0.2) is 83.9 Å². The van der Waals surface area contributed by atoms with E-state index in [9.17, 15) is 13.2 Å². The van der Waals surface area contributed by atoms with E-state index in [2.05, 4.69) is 27.6 Å². The molecular weight excluding hydrogens is 455 g/mol. The molecule has 0 bridgehead atoms. The first-order chi connectivity index (χ1) is 14.2. The monoisotopic (exact) mass is 473 g/mol. The number of hydrogen-bond donors (Lipinski definition) is 1. The summed E-state index contributed by atoms with van der Waals surface area (Å²) in [5.74, 6) is 0. The molecule has 0 aliphatic rings. The highest BCUT2D eigenvalue weighted by Crippen LogP contribution is 2.33. The topological polar surface area (TPSA) is 43.8 Å². The van der Waals surface area contributed by atoms with Gasteiger partial charge in [0.25, 0.3) is 0 Å². The summed E-state index contributed by atoms with van der Waals surface area (Å²) in [6, 6.07) is 14.9. The van der Waals surface area contributed by atoms with Crippen LogP contribution >= 0.6 is 15.9 Å². The van der Waals surface area contributed by atoms with Crippen molar-refractivity contribution in [2.45, 2.75) is 13.1 Å². The summed E-state index contributed by atoms with van der Waals surface area (Å²) in [7, 11) is 0. The summed E-state index contributed by atoms with van der Waals surface area (Å²) in [5, 5.41) is 3.79. The molecule has 30 heavy (non-hydrogen) atoms. The highest BCUT2D eigenvalue weighted by molar-refractivity contribution is 9.11. The van der Waals surface area contributed by atoms with Crippen molar-refractivity contribution in [3.05, 3.63) is 95.1 Å². The van der Waals surface area contributed by atoms with Gasteiger partial charge in [0.05, 0.1) is 11.4 Å². The van der Waals surface area contributed by atoms with Gasteiger partial charge >= 0.3 is 6.18 Å². The van der Waals surface area contributed by atoms with Crippen LogP contribution in [0.25, 0.3) is 22.5 Å². The molecule has 0 amide bonds. The maximum Gasteiger partial charge on any atom is 0.435 e. The second-order valence-corrected chi connectivity index (χ2v) is 7.51. The van der Waals surface area contributed by atoms with Gasteiger partial charge in [0.2, 0.25) is 0 Å². The lowest BCUT2D eigenvalue weighted by Crippen LogP contribution is -2.07. The Morgan fingerprint density at radius 3 is 2.27 bits per heavy atom. The molecule has 0 unspecified atom stereocenters. The number of rotatable bonds is 5. The zero-order chi connectivity index (χ0) is 21.9. The maximum atomic E-state index is 13.3. The first-order valence-corrected chi connectivity index (χ1v) is 9.79. The molecule has 0 radical (unpaired) electrons. The molecule has 3 rings (SSSR count). The molecule has 7 heteroatoms. The molecule has 0 aliphatic carbocycles. The molecule has 0 saturated heterocycles. The van der Waals surface area contributed by atoms with Crippen molar-refractivity contribution in [2.24, 2.45) is 0 Å². The quantitative estimate of drug-likeness (QED) is 0.319. The van der Waals surface area contributed by atoms with Crippen LogP contribution in [-0.4, -0.2) is 9.78 Å². The summed E-state index contributed by atoms with van der Waals surface area (Å²) in [4.78, 5) is 0. The number of hydrogen-bond acceptors (Lipinski definition) is 2. The molecule has 3 aromatic rings. The standard InChI is InChI=1S/C23H19BrF3N3/c1-3-18(24)9-4-15(2)16-5-7-17(8-6-16)21-14-22(23(25,26)27)29-30(21)20-12-10-19(28)11-13-20/h3-14H,1,28H2,2H3/b15-4+,18-9+. The SMILES string of the molecule is C=C/C(Br)=C\C=C(/C)c1ccc(-c2cc(C(F)(F)F)nn2-c2ccc(N)cc2)cc1. The molecule has 0 atom stereocenters. The van der Waals surface area contributed by atoms with Crippen LogP contribution in [0.2, 0.25) is 0 Å². The van der Waals surface area contributed by atoms with E-state index in [0.29, 0.717) is 22.6 Å². The van der Waals surface area contributed by atoms with E-state index in [4.69, 9.17) is 5.73 Å². The number of halogens is 4. The minimum absolute atomic E-state index is 0.342. The largest absolute Gasteiger partial charge is 0.435 e. The predicted octanol–water partition coefficient (Wildman–Crippen LogP) is 7.01. The van der Waals surface area contributed by atoms with Crippen molar-refractivity contribution in [1.82, 2.24) is 9.78 Å². The Labute approximate surface area is 181 Å². The van der Waals surface area contributed by atoms with Crippen LogP contribution in [0.3, 0.4) is 0 Å². The average molecular weight is 474 g/mol. The smallest absolute Gasteiger partial charge is 0.399 e. The van der Waals surface area contributed by atoms with E-state index in [-0.39, 0.29) is 0 Å². The lowest BCUT2D eigenvalue weighted by Gasteiger charge is -2.09. The fraction of sp³-hybridized carbons (Fsp3) is 0.0870. The fourth-order valence-corrected chi connectivity index (χ4v) is 2.94. The van der Waals surface area contributed by atoms with Gasteiger partial charge in [-0.25, -0.2) is 4.68 Å². The third kappa shape index (κ3) is 4.91. The Morgan fingerprint density at radius 1 is 1.07 bits per heavy atom. The highest BCUT2D eigenvalue weighted by Gasteiger charge is 2.35. The normalized spacial score (nSPS) is 12.8. The number of aromatic nitrogens is 2. The van der Waals surface area contributed by atoms with Crippen LogP contribution in [0, 0.1) is 0 Å². The molecular formula is C23H19BrF3N3. The van der Waals surface area contributed by atoms with E-state index in [1.165, 1.54) is 4.68 Å². The predicted molar refractivity (Wildman–Crippen MR) is 119 cm³/mol. The van der Waals surface area contributed by atoms with Crippen molar-refractivity contribution in [3.63, 3.8) is 0 Å². The zero-order valence-electron chi connectivity index (χ0n) is 16.1.